The highest BCUT2D eigenvalue weighted by atomic mass is 79.9. The van der Waals surface area contributed by atoms with Gasteiger partial charge in [-0.2, -0.15) is 0 Å². The third kappa shape index (κ3) is 4.11. The van der Waals surface area contributed by atoms with Gasteiger partial charge in [0.1, 0.15) is 5.60 Å². The third-order valence-corrected chi connectivity index (χ3v) is 5.50. The summed E-state index contributed by atoms with van der Waals surface area (Å²) in [6.07, 6.45) is 1.55. The van der Waals surface area contributed by atoms with Crippen molar-refractivity contribution in [3.8, 4) is 0 Å². The summed E-state index contributed by atoms with van der Waals surface area (Å²) in [6, 6.07) is 16.9. The van der Waals surface area contributed by atoms with Gasteiger partial charge in [0.2, 0.25) is 0 Å². The summed E-state index contributed by atoms with van der Waals surface area (Å²) >= 11 is 3.40. The maximum absolute atomic E-state index is 12.5. The number of hydrogen-bond donors (Lipinski definition) is 2. The third-order valence-electron chi connectivity index (χ3n) is 4.81. The van der Waals surface area contributed by atoms with E-state index in [0.29, 0.717) is 18.8 Å². The van der Waals surface area contributed by atoms with Gasteiger partial charge in [0.05, 0.1) is 12.1 Å². The Morgan fingerprint density at radius 2 is 1.76 bits per heavy atom. The number of amides is 1. The van der Waals surface area contributed by atoms with E-state index in [1.807, 2.05) is 48.5 Å². The number of aliphatic hydroxyl groups is 1. The van der Waals surface area contributed by atoms with Gasteiger partial charge in [-0.15, -0.1) is 0 Å². The van der Waals surface area contributed by atoms with Crippen molar-refractivity contribution >= 4 is 21.8 Å². The minimum absolute atomic E-state index is 0.0446. The number of rotatable bonds is 5. The lowest BCUT2D eigenvalue weighted by Gasteiger charge is -2.39. The lowest BCUT2D eigenvalue weighted by molar-refractivity contribution is -0.0680. The first-order valence-electron chi connectivity index (χ1n) is 8.49. The Balaban J connectivity index is 1.80. The Labute approximate surface area is 156 Å². The van der Waals surface area contributed by atoms with E-state index in [2.05, 4.69) is 21.2 Å². The molecule has 132 valence electrons. The van der Waals surface area contributed by atoms with Crippen molar-refractivity contribution in [2.24, 2.45) is 5.92 Å². The Morgan fingerprint density at radius 1 is 1.12 bits per heavy atom. The van der Waals surface area contributed by atoms with E-state index in [1.54, 1.807) is 6.07 Å². The molecule has 0 aliphatic carbocycles. The highest BCUT2D eigenvalue weighted by Gasteiger charge is 2.39. The molecule has 0 radical (unpaired) electrons. The van der Waals surface area contributed by atoms with E-state index >= 15 is 0 Å². The second-order valence-corrected chi connectivity index (χ2v) is 7.19. The second-order valence-electron chi connectivity index (χ2n) is 6.34. The topological polar surface area (TPSA) is 58.6 Å². The van der Waals surface area contributed by atoms with Crippen molar-refractivity contribution in [1.82, 2.24) is 5.32 Å². The van der Waals surface area contributed by atoms with Crippen LogP contribution in [0.15, 0.2) is 59.1 Å². The summed E-state index contributed by atoms with van der Waals surface area (Å²) in [5, 5.41) is 14.4. The van der Waals surface area contributed by atoms with E-state index in [9.17, 15) is 9.90 Å². The number of hydrogen-bond acceptors (Lipinski definition) is 3. The first-order chi connectivity index (χ1) is 12.1. The second kappa shape index (κ2) is 8.13. The molecule has 1 saturated heterocycles. The molecule has 5 heteroatoms. The molecule has 1 amide bonds. The van der Waals surface area contributed by atoms with Crippen molar-refractivity contribution in [2.45, 2.75) is 18.4 Å². The van der Waals surface area contributed by atoms with Gasteiger partial charge >= 0.3 is 0 Å². The van der Waals surface area contributed by atoms with E-state index in [-0.39, 0.29) is 18.4 Å². The number of ether oxygens (including phenoxy) is 1. The SMILES string of the molecule is O=C(NC[C@@](O)(c1ccccc1)C1CCOCC1)c1ccccc1Br. The van der Waals surface area contributed by atoms with Gasteiger partial charge in [0.25, 0.3) is 5.91 Å². The van der Waals surface area contributed by atoms with Crippen molar-refractivity contribution < 1.29 is 14.6 Å². The Morgan fingerprint density at radius 3 is 2.44 bits per heavy atom. The van der Waals surface area contributed by atoms with Crippen LogP contribution in [0.5, 0.6) is 0 Å². The molecule has 2 aromatic rings. The molecule has 1 atom stereocenters. The molecule has 0 aromatic heterocycles. The van der Waals surface area contributed by atoms with Crippen molar-refractivity contribution in [3.05, 3.63) is 70.2 Å². The summed E-state index contributed by atoms with van der Waals surface area (Å²) in [5.41, 5.74) is 0.279. The van der Waals surface area contributed by atoms with Crippen LogP contribution in [0.4, 0.5) is 0 Å². The van der Waals surface area contributed by atoms with Crippen LogP contribution in [-0.2, 0) is 10.3 Å². The minimum Gasteiger partial charge on any atom is -0.383 e. The van der Waals surface area contributed by atoms with Gasteiger partial charge in [-0.25, -0.2) is 0 Å². The fourth-order valence-corrected chi connectivity index (χ4v) is 3.80. The van der Waals surface area contributed by atoms with E-state index < -0.39 is 5.60 Å². The Bertz CT molecular complexity index is 716. The molecule has 0 spiro atoms. The zero-order chi connectivity index (χ0) is 17.7. The summed E-state index contributed by atoms with van der Waals surface area (Å²) in [5.74, 6) is -0.156. The van der Waals surface area contributed by atoms with Crippen LogP contribution in [0, 0.1) is 5.92 Å². The molecule has 1 aliphatic rings. The molecule has 1 heterocycles. The summed E-state index contributed by atoms with van der Waals surface area (Å²) < 4.78 is 6.17. The van der Waals surface area contributed by atoms with Gasteiger partial charge in [-0.05, 0) is 52.4 Å². The molecule has 2 N–H and O–H groups in total. The van der Waals surface area contributed by atoms with Gasteiger partial charge in [0.15, 0.2) is 0 Å². The maximum Gasteiger partial charge on any atom is 0.252 e. The van der Waals surface area contributed by atoms with Crippen molar-refractivity contribution in [1.29, 1.82) is 0 Å². The largest absolute Gasteiger partial charge is 0.383 e. The van der Waals surface area contributed by atoms with Gasteiger partial charge in [0, 0.05) is 17.7 Å². The maximum atomic E-state index is 12.5. The minimum atomic E-state index is -1.11. The van der Waals surface area contributed by atoms with Crippen LogP contribution in [-0.4, -0.2) is 30.8 Å². The molecule has 0 bridgehead atoms. The van der Waals surface area contributed by atoms with Crippen LogP contribution in [0.1, 0.15) is 28.8 Å². The van der Waals surface area contributed by atoms with Gasteiger partial charge in [-0.1, -0.05) is 42.5 Å². The van der Waals surface area contributed by atoms with Crippen LogP contribution < -0.4 is 5.32 Å². The zero-order valence-electron chi connectivity index (χ0n) is 14.0. The highest BCUT2D eigenvalue weighted by molar-refractivity contribution is 9.10. The fourth-order valence-electron chi connectivity index (χ4n) is 3.34. The molecular weight excluding hydrogens is 382 g/mol. The molecule has 2 aromatic carbocycles. The lowest BCUT2D eigenvalue weighted by Crippen LogP contribution is -2.47. The highest BCUT2D eigenvalue weighted by Crippen LogP contribution is 2.35. The average molecular weight is 404 g/mol. The van der Waals surface area contributed by atoms with Crippen LogP contribution in [0.3, 0.4) is 0 Å². The smallest absolute Gasteiger partial charge is 0.252 e. The summed E-state index contributed by atoms with van der Waals surface area (Å²) in [6.45, 7) is 1.44. The van der Waals surface area contributed by atoms with Gasteiger partial charge < -0.3 is 15.2 Å². The van der Waals surface area contributed by atoms with Crippen LogP contribution in [0.2, 0.25) is 0 Å². The standard InChI is InChI=1S/C20H22BrNO3/c21-18-9-5-4-8-17(18)19(23)22-14-20(24,15-6-2-1-3-7-15)16-10-12-25-13-11-16/h1-9,16,24H,10-14H2,(H,22,23)/t20-/m1/s1. The average Bonchev–Trinajstić information content (AvgIpc) is 2.67. The van der Waals surface area contributed by atoms with Crippen molar-refractivity contribution in [2.75, 3.05) is 19.8 Å². The van der Waals surface area contributed by atoms with Crippen LogP contribution >= 0.6 is 15.9 Å². The molecule has 0 saturated carbocycles. The number of carbonyl (C=O) groups is 1. The van der Waals surface area contributed by atoms with E-state index in [0.717, 1.165) is 22.9 Å². The van der Waals surface area contributed by atoms with E-state index in [1.165, 1.54) is 0 Å². The predicted molar refractivity (Wildman–Crippen MR) is 100 cm³/mol. The number of carbonyl (C=O) groups excluding carboxylic acids is 1. The fraction of sp³-hybridized carbons (Fsp3) is 0.350. The monoisotopic (exact) mass is 403 g/mol. The number of benzene rings is 2. The Kier molecular flexibility index (Phi) is 5.89. The van der Waals surface area contributed by atoms with Gasteiger partial charge in [-0.3, -0.25) is 4.79 Å². The normalized spacial score (nSPS) is 17.7. The summed E-state index contributed by atoms with van der Waals surface area (Å²) in [4.78, 5) is 12.5. The molecular formula is C20H22BrNO3. The molecule has 1 fully saturated rings. The first-order valence-corrected chi connectivity index (χ1v) is 9.29. The molecule has 1 aliphatic heterocycles. The first kappa shape index (κ1) is 18.1. The lowest BCUT2D eigenvalue weighted by atomic mass is 9.77. The van der Waals surface area contributed by atoms with Crippen molar-refractivity contribution in [3.63, 3.8) is 0 Å². The Hall–Kier alpha value is -1.69. The number of nitrogens with one attached hydrogen (secondary N) is 1. The molecule has 0 unspecified atom stereocenters. The van der Waals surface area contributed by atoms with E-state index in [4.69, 9.17) is 4.74 Å². The molecule has 4 nitrogen and oxygen atoms in total. The molecule has 25 heavy (non-hydrogen) atoms. The molecule has 3 rings (SSSR count). The predicted octanol–water partition coefficient (Wildman–Crippen LogP) is 3.49. The number of halogens is 1. The quantitative estimate of drug-likeness (QED) is 0.802. The zero-order valence-corrected chi connectivity index (χ0v) is 15.5. The van der Waals surface area contributed by atoms with Crippen LogP contribution in [0.25, 0.3) is 0 Å². The summed E-state index contributed by atoms with van der Waals surface area (Å²) in [7, 11) is 0.